The van der Waals surface area contributed by atoms with Gasteiger partial charge in [-0.2, -0.15) is 5.10 Å². The maximum absolute atomic E-state index is 6.04. The summed E-state index contributed by atoms with van der Waals surface area (Å²) in [6.45, 7) is 4.43. The third kappa shape index (κ3) is 3.00. The zero-order valence-corrected chi connectivity index (χ0v) is 12.3. The lowest BCUT2D eigenvalue weighted by Gasteiger charge is -2.17. The van der Waals surface area contributed by atoms with Gasteiger partial charge in [-0.25, -0.2) is 5.43 Å². The van der Waals surface area contributed by atoms with Gasteiger partial charge >= 0.3 is 0 Å². The zero-order chi connectivity index (χ0) is 14.7. The SMILES string of the molecule is CC(C)Cc1cccc(C(NN)c2cnn(C)c2N)c1. The molecule has 1 atom stereocenters. The Morgan fingerprint density at radius 1 is 1.35 bits per heavy atom. The van der Waals surface area contributed by atoms with Crippen molar-refractivity contribution in [3.05, 3.63) is 47.2 Å². The van der Waals surface area contributed by atoms with Gasteiger partial charge in [0.1, 0.15) is 5.82 Å². The third-order valence-corrected chi connectivity index (χ3v) is 3.42. The number of anilines is 1. The standard InChI is InChI=1S/C15H23N5/c1-10(2)7-11-5-4-6-12(8-11)14(19-17)13-9-18-20(3)15(13)16/h4-6,8-10,14,19H,7,16-17H2,1-3H3. The topological polar surface area (TPSA) is 81.9 Å². The summed E-state index contributed by atoms with van der Waals surface area (Å²) < 4.78 is 1.65. The minimum atomic E-state index is -0.143. The van der Waals surface area contributed by atoms with Gasteiger partial charge in [0.15, 0.2) is 0 Å². The van der Waals surface area contributed by atoms with Crippen LogP contribution in [0.4, 0.5) is 5.82 Å². The molecule has 1 aromatic heterocycles. The lowest BCUT2D eigenvalue weighted by atomic mass is 9.96. The van der Waals surface area contributed by atoms with Crippen LogP contribution in [0.3, 0.4) is 0 Å². The molecule has 0 amide bonds. The Kier molecular flexibility index (Phi) is 4.42. The van der Waals surface area contributed by atoms with Crippen molar-refractivity contribution in [3.63, 3.8) is 0 Å². The molecule has 2 aromatic rings. The Labute approximate surface area is 119 Å². The highest BCUT2D eigenvalue weighted by Crippen LogP contribution is 2.26. The van der Waals surface area contributed by atoms with Crippen LogP contribution in [-0.2, 0) is 13.5 Å². The second-order valence-electron chi connectivity index (χ2n) is 5.55. The number of hydrogen-bond acceptors (Lipinski definition) is 4. The summed E-state index contributed by atoms with van der Waals surface area (Å²) in [6.07, 6.45) is 2.81. The van der Waals surface area contributed by atoms with Crippen LogP contribution in [0.5, 0.6) is 0 Å². The van der Waals surface area contributed by atoms with E-state index in [9.17, 15) is 0 Å². The maximum atomic E-state index is 6.04. The molecule has 1 heterocycles. The first kappa shape index (κ1) is 14.6. The number of nitrogen functional groups attached to an aromatic ring is 1. The highest BCUT2D eigenvalue weighted by atomic mass is 15.3. The monoisotopic (exact) mass is 273 g/mol. The van der Waals surface area contributed by atoms with Crippen LogP contribution in [-0.4, -0.2) is 9.78 Å². The van der Waals surface area contributed by atoms with Crippen LogP contribution < -0.4 is 17.0 Å². The van der Waals surface area contributed by atoms with Crippen LogP contribution in [0, 0.1) is 5.92 Å². The molecule has 0 radical (unpaired) electrons. The van der Waals surface area contributed by atoms with E-state index >= 15 is 0 Å². The summed E-state index contributed by atoms with van der Waals surface area (Å²) in [5, 5.41) is 4.18. The molecule has 0 aliphatic heterocycles. The first-order valence-electron chi connectivity index (χ1n) is 6.85. The van der Waals surface area contributed by atoms with E-state index in [2.05, 4.69) is 48.6 Å². The molecule has 0 fully saturated rings. The van der Waals surface area contributed by atoms with E-state index in [1.807, 2.05) is 7.05 Å². The number of nitrogens with two attached hydrogens (primary N) is 2. The fourth-order valence-corrected chi connectivity index (χ4v) is 2.42. The summed E-state index contributed by atoms with van der Waals surface area (Å²) in [6, 6.07) is 8.29. The number of aromatic nitrogens is 2. The first-order valence-corrected chi connectivity index (χ1v) is 6.85. The van der Waals surface area contributed by atoms with Crippen molar-refractivity contribution in [2.45, 2.75) is 26.3 Å². The second kappa shape index (κ2) is 6.07. The molecule has 0 spiro atoms. The quantitative estimate of drug-likeness (QED) is 0.572. The smallest absolute Gasteiger partial charge is 0.126 e. The summed E-state index contributed by atoms with van der Waals surface area (Å²) in [4.78, 5) is 0. The molecule has 0 saturated heterocycles. The lowest BCUT2D eigenvalue weighted by Crippen LogP contribution is -2.29. The van der Waals surface area contributed by atoms with Crippen molar-refractivity contribution in [2.24, 2.45) is 18.8 Å². The van der Waals surface area contributed by atoms with Gasteiger partial charge in [-0.3, -0.25) is 10.5 Å². The van der Waals surface area contributed by atoms with Gasteiger partial charge in [0, 0.05) is 12.6 Å². The molecule has 0 aliphatic carbocycles. The fraction of sp³-hybridized carbons (Fsp3) is 0.400. The number of aryl methyl sites for hydroxylation is 1. The molecule has 1 aromatic carbocycles. The van der Waals surface area contributed by atoms with Crippen LogP contribution in [0.15, 0.2) is 30.5 Å². The Morgan fingerprint density at radius 3 is 2.65 bits per heavy atom. The molecule has 5 nitrogen and oxygen atoms in total. The molecular formula is C15H23N5. The number of hydrazine groups is 1. The van der Waals surface area contributed by atoms with Crippen LogP contribution in [0.25, 0.3) is 0 Å². The minimum absolute atomic E-state index is 0.143. The van der Waals surface area contributed by atoms with Crippen molar-refractivity contribution < 1.29 is 0 Å². The van der Waals surface area contributed by atoms with E-state index < -0.39 is 0 Å². The first-order chi connectivity index (χ1) is 9.52. The number of hydrogen-bond donors (Lipinski definition) is 3. The van der Waals surface area contributed by atoms with Gasteiger partial charge < -0.3 is 5.73 Å². The summed E-state index contributed by atoms with van der Waals surface area (Å²) >= 11 is 0. The van der Waals surface area contributed by atoms with Crippen LogP contribution in [0.2, 0.25) is 0 Å². The van der Waals surface area contributed by atoms with E-state index in [1.165, 1.54) is 5.56 Å². The predicted molar refractivity (Wildman–Crippen MR) is 81.8 cm³/mol. The molecule has 5 N–H and O–H groups in total. The molecular weight excluding hydrogens is 250 g/mol. The lowest BCUT2D eigenvalue weighted by molar-refractivity contribution is 0.628. The fourth-order valence-electron chi connectivity index (χ4n) is 2.42. The predicted octanol–water partition coefficient (Wildman–Crippen LogP) is 1.75. The van der Waals surface area contributed by atoms with E-state index in [0.717, 1.165) is 17.5 Å². The van der Waals surface area contributed by atoms with Crippen molar-refractivity contribution in [3.8, 4) is 0 Å². The highest BCUT2D eigenvalue weighted by Gasteiger charge is 2.18. The number of rotatable bonds is 5. The van der Waals surface area contributed by atoms with Crippen molar-refractivity contribution in [1.82, 2.24) is 15.2 Å². The molecule has 0 aliphatic rings. The number of nitrogens with zero attached hydrogens (tertiary/aromatic N) is 2. The molecule has 1 unspecified atom stereocenters. The summed E-state index contributed by atoms with van der Waals surface area (Å²) in [7, 11) is 1.82. The van der Waals surface area contributed by atoms with E-state index in [-0.39, 0.29) is 6.04 Å². The molecule has 0 bridgehead atoms. The van der Waals surface area contributed by atoms with Gasteiger partial charge in [0.05, 0.1) is 12.2 Å². The van der Waals surface area contributed by atoms with E-state index in [4.69, 9.17) is 11.6 Å². The van der Waals surface area contributed by atoms with Gasteiger partial charge in [-0.05, 0) is 23.5 Å². The van der Waals surface area contributed by atoms with Crippen molar-refractivity contribution in [1.29, 1.82) is 0 Å². The average Bonchev–Trinajstić information content (AvgIpc) is 2.72. The molecule has 0 saturated carbocycles. The normalized spacial score (nSPS) is 12.8. The van der Waals surface area contributed by atoms with Gasteiger partial charge in [0.25, 0.3) is 0 Å². The molecule has 108 valence electrons. The average molecular weight is 273 g/mol. The molecule has 2 rings (SSSR count). The minimum Gasteiger partial charge on any atom is -0.384 e. The van der Waals surface area contributed by atoms with Crippen LogP contribution >= 0.6 is 0 Å². The van der Waals surface area contributed by atoms with Crippen LogP contribution in [0.1, 0.15) is 36.6 Å². The van der Waals surface area contributed by atoms with Gasteiger partial charge in [-0.15, -0.1) is 0 Å². The van der Waals surface area contributed by atoms with Crippen molar-refractivity contribution in [2.75, 3.05) is 5.73 Å². The highest BCUT2D eigenvalue weighted by molar-refractivity contribution is 5.45. The number of benzene rings is 1. The Hall–Kier alpha value is -1.85. The van der Waals surface area contributed by atoms with E-state index in [0.29, 0.717) is 11.7 Å². The second-order valence-corrected chi connectivity index (χ2v) is 5.55. The Morgan fingerprint density at radius 2 is 2.10 bits per heavy atom. The summed E-state index contributed by atoms with van der Waals surface area (Å²) in [5.74, 6) is 6.97. The largest absolute Gasteiger partial charge is 0.384 e. The number of nitrogens with one attached hydrogen (secondary N) is 1. The van der Waals surface area contributed by atoms with Gasteiger partial charge in [0.2, 0.25) is 0 Å². The maximum Gasteiger partial charge on any atom is 0.126 e. The molecule has 20 heavy (non-hydrogen) atoms. The Balaban J connectivity index is 2.34. The van der Waals surface area contributed by atoms with E-state index in [1.54, 1.807) is 10.9 Å². The van der Waals surface area contributed by atoms with Crippen molar-refractivity contribution >= 4 is 5.82 Å². The molecule has 5 heteroatoms. The third-order valence-electron chi connectivity index (χ3n) is 3.42. The summed E-state index contributed by atoms with van der Waals surface area (Å²) in [5.41, 5.74) is 12.2. The Bertz CT molecular complexity index is 573. The zero-order valence-electron chi connectivity index (χ0n) is 12.3. The van der Waals surface area contributed by atoms with Gasteiger partial charge in [-0.1, -0.05) is 38.1 Å².